The topological polar surface area (TPSA) is 64.0 Å². The zero-order chi connectivity index (χ0) is 20.1. The molecule has 0 aromatic carbocycles. The van der Waals surface area contributed by atoms with Gasteiger partial charge in [-0.25, -0.2) is 31.3 Å². The third kappa shape index (κ3) is 4.41. The third-order valence-electron chi connectivity index (χ3n) is 4.28. The first-order chi connectivity index (χ1) is 12.4. The van der Waals surface area contributed by atoms with Crippen LogP contribution in [-0.4, -0.2) is 29.6 Å². The number of hydrogen-bond acceptors (Lipinski definition) is 3. The maximum absolute atomic E-state index is 14.0. The van der Waals surface area contributed by atoms with Crippen molar-refractivity contribution in [1.82, 2.24) is 14.3 Å². The van der Waals surface area contributed by atoms with Crippen LogP contribution in [0.15, 0.2) is 12.3 Å². The number of nitrogens with one attached hydrogen (secondary N) is 1. The molecule has 1 fully saturated rings. The van der Waals surface area contributed by atoms with E-state index < -0.39 is 33.6 Å². The summed E-state index contributed by atoms with van der Waals surface area (Å²) in [4.78, 5) is 4.00. The largest absolute Gasteiger partial charge is 0.332 e. The van der Waals surface area contributed by atoms with Crippen LogP contribution in [0.25, 0.3) is 11.0 Å². The highest BCUT2D eigenvalue weighted by Gasteiger charge is 2.40. The Kier molecular flexibility index (Phi) is 5.24. The molecule has 27 heavy (non-hydrogen) atoms. The van der Waals surface area contributed by atoms with Crippen LogP contribution in [0.1, 0.15) is 45.2 Å². The van der Waals surface area contributed by atoms with Crippen LogP contribution in [-0.2, 0) is 16.6 Å². The number of hydrogen-bond donors (Lipinski definition) is 1. The van der Waals surface area contributed by atoms with E-state index in [-0.39, 0.29) is 27.2 Å². The number of sulfonamides is 1. The summed E-state index contributed by atoms with van der Waals surface area (Å²) in [5.41, 5.74) is -0.00119. The first-order valence-electron chi connectivity index (χ1n) is 8.53. The van der Waals surface area contributed by atoms with Crippen molar-refractivity contribution >= 4 is 32.7 Å². The molecule has 0 bridgehead atoms. The van der Waals surface area contributed by atoms with Gasteiger partial charge in [-0.1, -0.05) is 32.4 Å². The number of aromatic nitrogens is 2. The average Bonchev–Trinajstić information content (AvgIpc) is 3.32. The molecule has 0 aliphatic heterocycles. The third-order valence-corrected chi connectivity index (χ3v) is 6.47. The Bertz CT molecular complexity index is 966. The second-order valence-electron chi connectivity index (χ2n) is 8.08. The lowest BCUT2D eigenvalue weighted by Crippen LogP contribution is -2.35. The smallest absolute Gasteiger partial charge is 0.258 e. The minimum atomic E-state index is -3.87. The molecule has 0 saturated heterocycles. The van der Waals surface area contributed by atoms with Crippen LogP contribution < -0.4 is 4.72 Å². The Balaban J connectivity index is 2.14. The molecular formula is C17H21ClF3N3O2S. The number of rotatable bonds is 6. The van der Waals surface area contributed by atoms with Gasteiger partial charge in [-0.05, 0) is 24.3 Å². The summed E-state index contributed by atoms with van der Waals surface area (Å²) in [6.07, 6.45) is -0.706. The second-order valence-corrected chi connectivity index (χ2v) is 10.4. The molecule has 10 heteroatoms. The first kappa shape index (κ1) is 20.4. The Morgan fingerprint density at radius 2 is 2.00 bits per heavy atom. The maximum atomic E-state index is 14.0. The fourth-order valence-corrected chi connectivity index (χ4v) is 4.64. The highest BCUT2D eigenvalue weighted by atomic mass is 35.5. The SMILES string of the molecule is CC(C)(C)Cn1cc([C@H](NS(=O)(=O)C2CC2)C(F)F)c2cc(F)c(Cl)nc21. The second kappa shape index (κ2) is 6.93. The lowest BCUT2D eigenvalue weighted by molar-refractivity contribution is 0.109. The van der Waals surface area contributed by atoms with Gasteiger partial charge >= 0.3 is 0 Å². The quantitative estimate of drug-likeness (QED) is 0.706. The molecule has 1 aliphatic carbocycles. The Morgan fingerprint density at radius 1 is 1.37 bits per heavy atom. The summed E-state index contributed by atoms with van der Waals surface area (Å²) >= 11 is 5.78. The van der Waals surface area contributed by atoms with E-state index in [0.717, 1.165) is 6.07 Å². The van der Waals surface area contributed by atoms with E-state index in [1.165, 1.54) is 6.20 Å². The molecule has 0 radical (unpaired) electrons. The molecule has 150 valence electrons. The van der Waals surface area contributed by atoms with Gasteiger partial charge < -0.3 is 4.57 Å². The summed E-state index contributed by atoms with van der Waals surface area (Å²) in [6.45, 7) is 6.25. The fourth-order valence-electron chi connectivity index (χ4n) is 2.97. The summed E-state index contributed by atoms with van der Waals surface area (Å²) in [7, 11) is -3.87. The van der Waals surface area contributed by atoms with E-state index in [4.69, 9.17) is 11.6 Å². The van der Waals surface area contributed by atoms with Crippen LogP contribution >= 0.6 is 11.6 Å². The van der Waals surface area contributed by atoms with Gasteiger partial charge in [0, 0.05) is 23.7 Å². The van der Waals surface area contributed by atoms with E-state index >= 15 is 0 Å². The molecule has 1 atom stereocenters. The molecule has 0 amide bonds. The highest BCUT2D eigenvalue weighted by Crippen LogP contribution is 2.35. The lowest BCUT2D eigenvalue weighted by atomic mass is 9.97. The number of halogens is 4. The normalized spacial score (nSPS) is 17.0. The summed E-state index contributed by atoms with van der Waals surface area (Å²) in [6, 6.07) is -0.762. The van der Waals surface area contributed by atoms with Crippen molar-refractivity contribution in [3.63, 3.8) is 0 Å². The van der Waals surface area contributed by atoms with Crippen LogP contribution in [0.3, 0.4) is 0 Å². The molecule has 2 heterocycles. The van der Waals surface area contributed by atoms with Gasteiger partial charge in [0.15, 0.2) is 11.0 Å². The molecule has 5 nitrogen and oxygen atoms in total. The van der Waals surface area contributed by atoms with Gasteiger partial charge in [0.2, 0.25) is 10.0 Å². The van der Waals surface area contributed by atoms with Crippen LogP contribution in [0.4, 0.5) is 13.2 Å². The fraction of sp³-hybridized carbons (Fsp3) is 0.588. The zero-order valence-corrected chi connectivity index (χ0v) is 16.7. The van der Waals surface area contributed by atoms with E-state index in [2.05, 4.69) is 9.71 Å². The van der Waals surface area contributed by atoms with Crippen LogP contribution in [0.5, 0.6) is 0 Å². The predicted molar refractivity (Wildman–Crippen MR) is 98.0 cm³/mol. The summed E-state index contributed by atoms with van der Waals surface area (Å²) < 4.78 is 69.7. The molecule has 3 rings (SSSR count). The van der Waals surface area contributed by atoms with Gasteiger partial charge in [0.25, 0.3) is 6.43 Å². The average molecular weight is 424 g/mol. The maximum Gasteiger partial charge on any atom is 0.258 e. The number of pyridine rings is 1. The standard InChI is InChI=1S/C17H21ClF3N3O2S/c1-17(2,3)8-24-7-11(10-6-12(19)14(18)22-16(10)24)13(15(20)21)23-27(25,26)9-4-5-9/h6-7,9,13,15,23H,4-5,8H2,1-3H3/t13-/m0/s1. The van der Waals surface area contributed by atoms with Gasteiger partial charge in [-0.3, -0.25) is 0 Å². The van der Waals surface area contributed by atoms with Crippen molar-refractivity contribution in [2.75, 3.05) is 0 Å². The number of fused-ring (bicyclic) bond motifs is 1. The number of alkyl halides is 2. The van der Waals surface area contributed by atoms with Crippen LogP contribution in [0, 0.1) is 11.2 Å². The Hall–Kier alpha value is -1.32. The monoisotopic (exact) mass is 423 g/mol. The molecule has 1 N–H and O–H groups in total. The first-order valence-corrected chi connectivity index (χ1v) is 10.5. The minimum Gasteiger partial charge on any atom is -0.332 e. The number of nitrogens with zero attached hydrogens (tertiary/aromatic N) is 2. The van der Waals surface area contributed by atoms with Crippen molar-refractivity contribution in [1.29, 1.82) is 0 Å². The van der Waals surface area contributed by atoms with Crippen molar-refractivity contribution in [2.24, 2.45) is 5.41 Å². The van der Waals surface area contributed by atoms with Crippen molar-refractivity contribution in [3.8, 4) is 0 Å². The van der Waals surface area contributed by atoms with Gasteiger partial charge in [0.1, 0.15) is 11.7 Å². The molecule has 0 unspecified atom stereocenters. The zero-order valence-electron chi connectivity index (χ0n) is 15.1. The van der Waals surface area contributed by atoms with Crippen LogP contribution in [0.2, 0.25) is 5.15 Å². The Morgan fingerprint density at radius 3 is 2.52 bits per heavy atom. The van der Waals surface area contributed by atoms with Gasteiger partial charge in [-0.2, -0.15) is 0 Å². The van der Waals surface area contributed by atoms with Crippen molar-refractivity contribution in [3.05, 3.63) is 28.8 Å². The molecule has 0 spiro atoms. The van der Waals surface area contributed by atoms with E-state index in [1.54, 1.807) is 4.57 Å². The van der Waals surface area contributed by atoms with Crippen molar-refractivity contribution < 1.29 is 21.6 Å². The van der Waals surface area contributed by atoms with E-state index in [1.807, 2.05) is 20.8 Å². The Labute approximate surface area is 161 Å². The summed E-state index contributed by atoms with van der Waals surface area (Å²) in [5, 5.41) is -0.898. The van der Waals surface area contributed by atoms with Gasteiger partial charge in [0.05, 0.1) is 5.25 Å². The molecular weight excluding hydrogens is 403 g/mol. The van der Waals surface area contributed by atoms with Crippen molar-refractivity contribution in [2.45, 2.75) is 57.9 Å². The molecule has 1 aliphatic rings. The van der Waals surface area contributed by atoms with E-state index in [0.29, 0.717) is 19.4 Å². The van der Waals surface area contributed by atoms with Gasteiger partial charge in [-0.15, -0.1) is 0 Å². The molecule has 2 aromatic heterocycles. The van der Waals surface area contributed by atoms with E-state index in [9.17, 15) is 21.6 Å². The predicted octanol–water partition coefficient (Wildman–Crippen LogP) is 4.26. The molecule has 2 aromatic rings. The molecule has 1 saturated carbocycles. The summed E-state index contributed by atoms with van der Waals surface area (Å²) in [5.74, 6) is -0.850. The highest BCUT2D eigenvalue weighted by molar-refractivity contribution is 7.90. The minimum absolute atomic E-state index is 0.0171. The lowest BCUT2D eigenvalue weighted by Gasteiger charge is -2.20.